The van der Waals surface area contributed by atoms with Crippen molar-refractivity contribution in [1.82, 2.24) is 0 Å². The Bertz CT molecular complexity index is 516. The van der Waals surface area contributed by atoms with Crippen molar-refractivity contribution < 1.29 is 19.1 Å². The predicted molar refractivity (Wildman–Crippen MR) is 75.5 cm³/mol. The predicted octanol–water partition coefficient (Wildman–Crippen LogP) is 2.73. The minimum atomic E-state index is -1.42. The lowest BCUT2D eigenvalue weighted by atomic mass is 9.80. The van der Waals surface area contributed by atoms with Gasteiger partial charge in [-0.05, 0) is 27.7 Å². The molecule has 0 unspecified atom stereocenters. The van der Waals surface area contributed by atoms with Gasteiger partial charge >= 0.3 is 5.97 Å². The molecule has 0 heterocycles. The van der Waals surface area contributed by atoms with Gasteiger partial charge in [0.05, 0.1) is 6.61 Å². The second-order valence-corrected chi connectivity index (χ2v) is 5.07. The van der Waals surface area contributed by atoms with Gasteiger partial charge < -0.3 is 4.74 Å². The van der Waals surface area contributed by atoms with Gasteiger partial charge in [0.2, 0.25) is 0 Å². The number of ether oxygens (including phenoxy) is 1. The summed E-state index contributed by atoms with van der Waals surface area (Å²) in [4.78, 5) is 35.9. The van der Waals surface area contributed by atoms with Gasteiger partial charge in [-0.1, -0.05) is 29.8 Å². The number of aryl methyl sites for hydroxylation is 1. The maximum atomic E-state index is 12.2. The second-order valence-electron chi connectivity index (χ2n) is 5.07. The summed E-state index contributed by atoms with van der Waals surface area (Å²) in [6, 6.07) is 7.04. The van der Waals surface area contributed by atoms with Gasteiger partial charge in [0.1, 0.15) is 11.2 Å². The molecular weight excluding hydrogens is 256 g/mol. The summed E-state index contributed by atoms with van der Waals surface area (Å²) in [5.41, 5.74) is 0.117. The average Bonchev–Trinajstić information content (AvgIpc) is 2.39. The molecule has 0 saturated heterocycles. The zero-order valence-corrected chi connectivity index (χ0v) is 12.4. The highest BCUT2D eigenvalue weighted by molar-refractivity contribution is 6.08. The van der Waals surface area contributed by atoms with Crippen LogP contribution in [0.25, 0.3) is 0 Å². The molecule has 0 aliphatic carbocycles. The number of hydrogen-bond acceptors (Lipinski definition) is 4. The zero-order chi connectivity index (χ0) is 15.3. The minimum absolute atomic E-state index is 0.176. The summed E-state index contributed by atoms with van der Waals surface area (Å²) in [6.07, 6.45) is -0.176. The van der Waals surface area contributed by atoms with Crippen LogP contribution >= 0.6 is 0 Å². The molecule has 0 spiro atoms. The van der Waals surface area contributed by atoms with E-state index in [2.05, 4.69) is 0 Å². The fraction of sp³-hybridized carbons (Fsp3) is 0.438. The molecule has 1 rings (SSSR count). The van der Waals surface area contributed by atoms with E-state index in [1.54, 1.807) is 19.1 Å². The van der Waals surface area contributed by atoms with E-state index in [0.717, 1.165) is 5.56 Å². The smallest absolute Gasteiger partial charge is 0.319 e. The number of Topliss-reactive ketones (excluding diaryl/α,β-unsaturated/α-hetero) is 2. The molecule has 0 fully saturated rings. The monoisotopic (exact) mass is 276 g/mol. The van der Waals surface area contributed by atoms with Crippen molar-refractivity contribution in [3.63, 3.8) is 0 Å². The van der Waals surface area contributed by atoms with Gasteiger partial charge in [-0.15, -0.1) is 0 Å². The first kappa shape index (κ1) is 16.1. The van der Waals surface area contributed by atoms with Crippen LogP contribution in [-0.4, -0.2) is 24.1 Å². The third kappa shape index (κ3) is 3.53. The lowest BCUT2D eigenvalue weighted by Crippen LogP contribution is -2.38. The Kier molecular flexibility index (Phi) is 5.19. The number of esters is 1. The van der Waals surface area contributed by atoms with Crippen LogP contribution < -0.4 is 0 Å². The number of carbonyl (C=O) groups is 3. The highest BCUT2D eigenvalue weighted by Crippen LogP contribution is 2.27. The summed E-state index contributed by atoms with van der Waals surface area (Å²) < 4.78 is 4.91. The van der Waals surface area contributed by atoms with Gasteiger partial charge in [0, 0.05) is 12.0 Å². The van der Waals surface area contributed by atoms with E-state index in [0.29, 0.717) is 5.56 Å². The van der Waals surface area contributed by atoms with Crippen LogP contribution in [0, 0.1) is 12.3 Å². The fourth-order valence-electron chi connectivity index (χ4n) is 1.79. The van der Waals surface area contributed by atoms with E-state index in [9.17, 15) is 14.4 Å². The van der Waals surface area contributed by atoms with Crippen LogP contribution in [0.1, 0.15) is 43.1 Å². The first-order chi connectivity index (χ1) is 9.31. The maximum absolute atomic E-state index is 12.2. The SMILES string of the molecule is CCOC(=O)[C@](C)(CC(=O)c1ccc(C)cc1)C(C)=O. The van der Waals surface area contributed by atoms with Crippen LogP contribution in [-0.2, 0) is 14.3 Å². The molecule has 1 aromatic rings. The van der Waals surface area contributed by atoms with Crippen molar-refractivity contribution in [2.45, 2.75) is 34.1 Å². The van der Waals surface area contributed by atoms with Crippen molar-refractivity contribution in [1.29, 1.82) is 0 Å². The van der Waals surface area contributed by atoms with Crippen LogP contribution in [0.5, 0.6) is 0 Å². The van der Waals surface area contributed by atoms with E-state index in [1.165, 1.54) is 13.8 Å². The van der Waals surface area contributed by atoms with Crippen molar-refractivity contribution in [2.24, 2.45) is 5.41 Å². The average molecular weight is 276 g/mol. The third-order valence-electron chi connectivity index (χ3n) is 3.39. The molecular formula is C16H20O4. The zero-order valence-electron chi connectivity index (χ0n) is 12.4. The summed E-state index contributed by atoms with van der Waals surface area (Å²) in [6.45, 7) is 6.53. The van der Waals surface area contributed by atoms with Crippen molar-refractivity contribution in [3.8, 4) is 0 Å². The molecule has 1 aromatic carbocycles. The van der Waals surface area contributed by atoms with Crippen molar-refractivity contribution in [2.75, 3.05) is 6.61 Å². The molecule has 0 bridgehead atoms. The molecule has 0 aliphatic rings. The molecule has 108 valence electrons. The van der Waals surface area contributed by atoms with Crippen LogP contribution in [0.2, 0.25) is 0 Å². The largest absolute Gasteiger partial charge is 0.465 e. The van der Waals surface area contributed by atoms with E-state index in [4.69, 9.17) is 4.74 Å². The number of benzene rings is 1. The van der Waals surface area contributed by atoms with Gasteiger partial charge in [-0.3, -0.25) is 14.4 Å². The standard InChI is InChI=1S/C16H20O4/c1-5-20-15(19)16(4,12(3)17)10-14(18)13-8-6-11(2)7-9-13/h6-9H,5,10H2,1-4H3/t16-/m1/s1. The van der Waals surface area contributed by atoms with Crippen LogP contribution in [0.3, 0.4) is 0 Å². The van der Waals surface area contributed by atoms with Crippen molar-refractivity contribution in [3.05, 3.63) is 35.4 Å². The maximum Gasteiger partial charge on any atom is 0.319 e. The number of rotatable bonds is 6. The lowest BCUT2D eigenvalue weighted by Gasteiger charge is -2.23. The minimum Gasteiger partial charge on any atom is -0.465 e. The van der Waals surface area contributed by atoms with Crippen LogP contribution in [0.4, 0.5) is 0 Å². The summed E-state index contributed by atoms with van der Waals surface area (Å²) >= 11 is 0. The van der Waals surface area contributed by atoms with Crippen LogP contribution in [0.15, 0.2) is 24.3 Å². The lowest BCUT2D eigenvalue weighted by molar-refractivity contribution is -0.158. The van der Waals surface area contributed by atoms with E-state index in [1.807, 2.05) is 19.1 Å². The van der Waals surface area contributed by atoms with Gasteiger partial charge in [0.15, 0.2) is 5.78 Å². The molecule has 0 radical (unpaired) electrons. The summed E-state index contributed by atoms with van der Waals surface area (Å²) in [5, 5.41) is 0. The van der Waals surface area contributed by atoms with Gasteiger partial charge in [0.25, 0.3) is 0 Å². The molecule has 0 N–H and O–H groups in total. The first-order valence-electron chi connectivity index (χ1n) is 6.59. The van der Waals surface area contributed by atoms with Gasteiger partial charge in [-0.25, -0.2) is 0 Å². The Hall–Kier alpha value is -1.97. The molecule has 0 aromatic heterocycles. The molecule has 4 heteroatoms. The highest BCUT2D eigenvalue weighted by Gasteiger charge is 2.41. The molecule has 0 amide bonds. The van der Waals surface area contributed by atoms with E-state index in [-0.39, 0.29) is 24.6 Å². The Morgan fingerprint density at radius 2 is 1.70 bits per heavy atom. The highest BCUT2D eigenvalue weighted by atomic mass is 16.5. The normalized spacial score (nSPS) is 13.4. The number of carbonyl (C=O) groups excluding carboxylic acids is 3. The van der Waals surface area contributed by atoms with Gasteiger partial charge in [-0.2, -0.15) is 0 Å². The molecule has 20 heavy (non-hydrogen) atoms. The van der Waals surface area contributed by atoms with E-state index >= 15 is 0 Å². The first-order valence-corrected chi connectivity index (χ1v) is 6.59. The molecule has 4 nitrogen and oxygen atoms in total. The van der Waals surface area contributed by atoms with E-state index < -0.39 is 11.4 Å². The second kappa shape index (κ2) is 6.46. The Balaban J connectivity index is 2.96. The Morgan fingerprint density at radius 3 is 2.15 bits per heavy atom. The quantitative estimate of drug-likeness (QED) is 0.455. The van der Waals surface area contributed by atoms with Crippen molar-refractivity contribution >= 4 is 17.5 Å². The molecule has 0 aliphatic heterocycles. The Morgan fingerprint density at radius 1 is 1.15 bits per heavy atom. The molecule has 1 atom stereocenters. The Labute approximate surface area is 119 Å². The fourth-order valence-corrected chi connectivity index (χ4v) is 1.79. The third-order valence-corrected chi connectivity index (χ3v) is 3.39. The summed E-state index contributed by atoms with van der Waals surface area (Å²) in [7, 11) is 0. The number of ketones is 2. The number of hydrogen-bond donors (Lipinski definition) is 0. The molecule has 0 saturated carbocycles. The summed E-state index contributed by atoms with van der Waals surface area (Å²) in [5.74, 6) is -1.25. The topological polar surface area (TPSA) is 60.4 Å².